The molecule has 3 aliphatic rings. The number of carbonyl (C=O) groups is 1. The van der Waals surface area contributed by atoms with Crippen molar-refractivity contribution in [2.24, 2.45) is 11.8 Å². The van der Waals surface area contributed by atoms with Crippen molar-refractivity contribution < 1.29 is 9.90 Å². The van der Waals surface area contributed by atoms with Crippen LogP contribution in [0.3, 0.4) is 0 Å². The van der Waals surface area contributed by atoms with Gasteiger partial charge in [0.2, 0.25) is 0 Å². The largest absolute Gasteiger partial charge is 0.480 e. The Labute approximate surface area is 225 Å². The molecule has 202 valence electrons. The SMILES string of the molecule is CC1CC(n2cnc3cccnc32)CCN1CC1CN(C(C(=O)O)C2CCCCC2)CC1c1ccccc1. The number of aromatic nitrogens is 3. The number of carboxylic acids is 1. The molecule has 38 heavy (non-hydrogen) atoms. The van der Waals surface area contributed by atoms with Gasteiger partial charge in [0.15, 0.2) is 5.65 Å². The number of nitrogens with zero attached hydrogens (tertiary/aromatic N) is 5. The molecule has 1 aliphatic carbocycles. The molecule has 2 aliphatic heterocycles. The number of carboxylic acid groups (broad SMARTS) is 1. The fourth-order valence-electron chi connectivity index (χ4n) is 7.66. The molecule has 0 amide bonds. The van der Waals surface area contributed by atoms with Crippen LogP contribution in [-0.2, 0) is 4.79 Å². The van der Waals surface area contributed by atoms with Gasteiger partial charge in [-0.3, -0.25) is 9.69 Å². The zero-order valence-electron chi connectivity index (χ0n) is 22.5. The van der Waals surface area contributed by atoms with Crippen LogP contribution in [0.5, 0.6) is 0 Å². The molecule has 3 fully saturated rings. The van der Waals surface area contributed by atoms with Crippen LogP contribution in [0.1, 0.15) is 69.4 Å². The van der Waals surface area contributed by atoms with Gasteiger partial charge in [0.1, 0.15) is 11.6 Å². The molecule has 5 atom stereocenters. The molecule has 7 heteroatoms. The molecule has 2 aromatic heterocycles. The summed E-state index contributed by atoms with van der Waals surface area (Å²) in [5.41, 5.74) is 3.30. The highest BCUT2D eigenvalue weighted by Gasteiger charge is 2.43. The lowest BCUT2D eigenvalue weighted by Crippen LogP contribution is -2.47. The Morgan fingerprint density at radius 3 is 2.61 bits per heavy atom. The Hall–Kier alpha value is -2.77. The molecule has 4 heterocycles. The normalized spacial score (nSPS) is 28.6. The predicted molar refractivity (Wildman–Crippen MR) is 149 cm³/mol. The maximum Gasteiger partial charge on any atom is 0.321 e. The Morgan fingerprint density at radius 1 is 1.03 bits per heavy atom. The number of hydrogen-bond acceptors (Lipinski definition) is 5. The number of pyridine rings is 1. The Kier molecular flexibility index (Phi) is 7.48. The van der Waals surface area contributed by atoms with E-state index >= 15 is 0 Å². The van der Waals surface area contributed by atoms with Crippen LogP contribution in [0.2, 0.25) is 0 Å². The van der Waals surface area contributed by atoms with Crippen LogP contribution in [0, 0.1) is 11.8 Å². The number of imidazole rings is 1. The van der Waals surface area contributed by atoms with E-state index in [0.29, 0.717) is 23.9 Å². The van der Waals surface area contributed by atoms with Crippen molar-refractivity contribution in [2.45, 2.75) is 75.9 Å². The second kappa shape index (κ2) is 11.1. The molecular weight excluding hydrogens is 474 g/mol. The molecule has 1 N–H and O–H groups in total. The van der Waals surface area contributed by atoms with E-state index in [1.807, 2.05) is 24.7 Å². The summed E-state index contributed by atoms with van der Waals surface area (Å²) < 4.78 is 2.27. The summed E-state index contributed by atoms with van der Waals surface area (Å²) in [6.45, 7) is 6.13. The molecule has 7 nitrogen and oxygen atoms in total. The standard InChI is InChI=1S/C31H41N5O2/c1-22-17-26(36-21-33-28-13-8-15-32-30(28)36)14-16-34(22)18-25-19-35(20-27(25)23-9-4-2-5-10-23)29(31(37)38)24-11-6-3-7-12-24/h2,4-5,8-10,13,15,21-22,24-27,29H,3,6-7,11-12,14,16-20H2,1H3,(H,37,38). The third-order valence-corrected chi connectivity index (χ3v) is 9.62. The molecule has 3 aromatic rings. The third-order valence-electron chi connectivity index (χ3n) is 9.62. The molecule has 1 saturated carbocycles. The summed E-state index contributed by atoms with van der Waals surface area (Å²) in [6.07, 6.45) is 11.7. The van der Waals surface area contributed by atoms with Gasteiger partial charge in [-0.15, -0.1) is 0 Å². The van der Waals surface area contributed by atoms with E-state index in [0.717, 1.165) is 63.0 Å². The first-order valence-electron chi connectivity index (χ1n) is 14.6. The highest BCUT2D eigenvalue weighted by molar-refractivity contribution is 5.74. The summed E-state index contributed by atoms with van der Waals surface area (Å²) in [5, 5.41) is 10.3. The number of aliphatic carboxylic acids is 1. The smallest absolute Gasteiger partial charge is 0.321 e. The van der Waals surface area contributed by atoms with Gasteiger partial charge in [-0.1, -0.05) is 49.6 Å². The fourth-order valence-corrected chi connectivity index (χ4v) is 7.66. The number of benzene rings is 1. The van der Waals surface area contributed by atoms with Crippen LogP contribution in [-0.4, -0.2) is 73.7 Å². The Bertz CT molecular complexity index is 1220. The lowest BCUT2D eigenvalue weighted by atomic mass is 9.83. The molecule has 5 unspecified atom stereocenters. The number of piperidine rings is 1. The van der Waals surface area contributed by atoms with E-state index < -0.39 is 5.97 Å². The van der Waals surface area contributed by atoms with Crippen LogP contribution >= 0.6 is 0 Å². The van der Waals surface area contributed by atoms with E-state index in [1.165, 1.54) is 24.8 Å². The van der Waals surface area contributed by atoms with E-state index in [-0.39, 0.29) is 12.0 Å². The van der Waals surface area contributed by atoms with Crippen LogP contribution in [0.4, 0.5) is 0 Å². The van der Waals surface area contributed by atoms with Crippen molar-refractivity contribution in [3.05, 3.63) is 60.6 Å². The third kappa shape index (κ3) is 5.10. The Balaban J connectivity index is 1.18. The van der Waals surface area contributed by atoms with Gasteiger partial charge in [0.25, 0.3) is 0 Å². The van der Waals surface area contributed by atoms with Crippen LogP contribution < -0.4 is 0 Å². The summed E-state index contributed by atoms with van der Waals surface area (Å²) >= 11 is 0. The average molecular weight is 516 g/mol. The van der Waals surface area contributed by atoms with E-state index in [1.54, 1.807) is 0 Å². The molecule has 1 aromatic carbocycles. The Morgan fingerprint density at radius 2 is 1.84 bits per heavy atom. The number of hydrogen-bond donors (Lipinski definition) is 1. The van der Waals surface area contributed by atoms with Gasteiger partial charge < -0.3 is 14.6 Å². The lowest BCUT2D eigenvalue weighted by Gasteiger charge is -2.40. The van der Waals surface area contributed by atoms with Gasteiger partial charge in [-0.25, -0.2) is 9.97 Å². The van der Waals surface area contributed by atoms with Gasteiger partial charge in [-0.05, 0) is 62.1 Å². The monoisotopic (exact) mass is 515 g/mol. The van der Waals surface area contributed by atoms with Crippen LogP contribution in [0.25, 0.3) is 11.2 Å². The first kappa shape index (κ1) is 25.5. The zero-order chi connectivity index (χ0) is 26.1. The van der Waals surface area contributed by atoms with Crippen molar-refractivity contribution in [1.29, 1.82) is 0 Å². The van der Waals surface area contributed by atoms with Gasteiger partial charge in [-0.2, -0.15) is 0 Å². The zero-order valence-corrected chi connectivity index (χ0v) is 22.5. The van der Waals surface area contributed by atoms with Crippen molar-refractivity contribution in [3.63, 3.8) is 0 Å². The highest BCUT2D eigenvalue weighted by atomic mass is 16.4. The fraction of sp³-hybridized carbons (Fsp3) is 0.581. The molecular formula is C31H41N5O2. The van der Waals surface area contributed by atoms with Crippen LogP contribution in [0.15, 0.2) is 55.0 Å². The van der Waals surface area contributed by atoms with Crippen molar-refractivity contribution in [1.82, 2.24) is 24.3 Å². The summed E-state index contributed by atoms with van der Waals surface area (Å²) in [5.74, 6) is 0.454. The molecule has 2 saturated heterocycles. The van der Waals surface area contributed by atoms with Gasteiger partial charge in [0, 0.05) is 50.4 Å². The van der Waals surface area contributed by atoms with Crippen molar-refractivity contribution >= 4 is 17.1 Å². The minimum atomic E-state index is -0.625. The second-order valence-corrected chi connectivity index (χ2v) is 11.9. The van der Waals surface area contributed by atoms with Gasteiger partial charge >= 0.3 is 5.97 Å². The van der Waals surface area contributed by atoms with Gasteiger partial charge in [0.05, 0.1) is 6.33 Å². The van der Waals surface area contributed by atoms with E-state index in [4.69, 9.17) is 0 Å². The molecule has 6 rings (SSSR count). The maximum absolute atomic E-state index is 12.6. The molecule has 0 spiro atoms. The quantitative estimate of drug-likeness (QED) is 0.466. The molecule has 0 radical (unpaired) electrons. The first-order valence-corrected chi connectivity index (χ1v) is 14.6. The van der Waals surface area contributed by atoms with Crippen molar-refractivity contribution in [3.8, 4) is 0 Å². The maximum atomic E-state index is 12.6. The summed E-state index contributed by atoms with van der Waals surface area (Å²) in [7, 11) is 0. The number of fused-ring (bicyclic) bond motifs is 1. The van der Waals surface area contributed by atoms with E-state index in [9.17, 15) is 9.90 Å². The second-order valence-electron chi connectivity index (χ2n) is 11.9. The highest BCUT2D eigenvalue weighted by Crippen LogP contribution is 2.39. The topological polar surface area (TPSA) is 74.5 Å². The first-order chi connectivity index (χ1) is 18.6. The van der Waals surface area contributed by atoms with E-state index in [2.05, 4.69) is 61.6 Å². The average Bonchev–Trinajstić information content (AvgIpc) is 3.55. The number of likely N-dealkylation sites (tertiary alicyclic amines) is 2. The minimum absolute atomic E-state index is 0.282. The van der Waals surface area contributed by atoms with Crippen molar-refractivity contribution in [2.75, 3.05) is 26.2 Å². The summed E-state index contributed by atoms with van der Waals surface area (Å²) in [6, 6.07) is 15.3. The predicted octanol–water partition coefficient (Wildman–Crippen LogP) is 5.21. The summed E-state index contributed by atoms with van der Waals surface area (Å²) in [4.78, 5) is 26.7. The lowest BCUT2D eigenvalue weighted by molar-refractivity contribution is -0.145. The minimum Gasteiger partial charge on any atom is -0.480 e. The molecule has 0 bridgehead atoms. The number of rotatable bonds is 7.